The third-order valence-corrected chi connectivity index (χ3v) is 11.0. The third kappa shape index (κ3) is 4.73. The lowest BCUT2D eigenvalue weighted by atomic mass is 9.98. The van der Waals surface area contributed by atoms with E-state index in [2.05, 4.69) is 51.6 Å². The van der Waals surface area contributed by atoms with Gasteiger partial charge in [0.2, 0.25) is 0 Å². The van der Waals surface area contributed by atoms with Crippen LogP contribution in [0.4, 0.5) is 0 Å². The molecular weight excluding hydrogens is 586 g/mol. The average molecular weight is 624 g/mol. The molecule has 2 unspecified atom stereocenters. The molecular formula is C38H37N7O2. The molecule has 2 saturated heterocycles. The Kier molecular flexibility index (Phi) is 6.51. The van der Waals surface area contributed by atoms with E-state index in [-0.39, 0.29) is 29.8 Å². The standard InChI is InChI=1S/C38H37N7O2/c39-17-23-7-9-26(10-8-23)37(46)42-18-25(19-42)21-44-32-13-11-28(38(47)45-22-29-12-14-33(45)35(29)40)15-30(32)41-36(44)34-16-27-3-1-2-4-31(27)43(34)20-24-5-6-24/h1-4,7-11,13,15-16,24-25,29,33,35H,5-6,12,14,18-22,40H2/t29?,33?,35-/m1/s1. The van der Waals surface area contributed by atoms with E-state index in [0.717, 1.165) is 48.5 Å². The number of nitrogens with zero attached hydrogens (tertiary/aromatic N) is 6. The van der Waals surface area contributed by atoms with Gasteiger partial charge in [0.15, 0.2) is 5.82 Å². The van der Waals surface area contributed by atoms with Gasteiger partial charge in [0.25, 0.3) is 11.8 Å². The molecule has 2 saturated carbocycles. The van der Waals surface area contributed by atoms with Crippen LogP contribution >= 0.6 is 0 Å². The van der Waals surface area contributed by atoms with Gasteiger partial charge in [-0.3, -0.25) is 9.59 Å². The molecule has 2 aliphatic carbocycles. The Labute approximate surface area is 273 Å². The molecule has 47 heavy (non-hydrogen) atoms. The lowest BCUT2D eigenvalue weighted by Gasteiger charge is -2.39. The minimum atomic E-state index is -0.00972. The number of rotatable bonds is 7. The van der Waals surface area contributed by atoms with Gasteiger partial charge in [-0.25, -0.2) is 4.98 Å². The first-order valence-corrected chi connectivity index (χ1v) is 16.9. The van der Waals surface area contributed by atoms with Gasteiger partial charge in [-0.05, 0) is 92.1 Å². The van der Waals surface area contributed by atoms with Crippen molar-refractivity contribution in [3.63, 3.8) is 0 Å². The monoisotopic (exact) mass is 623 g/mol. The topological polar surface area (TPSA) is 113 Å². The van der Waals surface area contributed by atoms with E-state index in [1.807, 2.05) is 21.9 Å². The fourth-order valence-electron chi connectivity index (χ4n) is 8.22. The highest BCUT2D eigenvalue weighted by molar-refractivity contribution is 5.99. The van der Waals surface area contributed by atoms with Crippen LogP contribution < -0.4 is 5.73 Å². The summed E-state index contributed by atoms with van der Waals surface area (Å²) in [6.45, 7) is 3.72. The van der Waals surface area contributed by atoms with Crippen molar-refractivity contribution >= 4 is 33.8 Å². The Morgan fingerprint density at radius 2 is 1.57 bits per heavy atom. The van der Waals surface area contributed by atoms with E-state index >= 15 is 0 Å². The summed E-state index contributed by atoms with van der Waals surface area (Å²) in [7, 11) is 0. The molecule has 2 aromatic heterocycles. The summed E-state index contributed by atoms with van der Waals surface area (Å²) < 4.78 is 4.74. The first-order chi connectivity index (χ1) is 22.9. The molecule has 4 aliphatic rings. The number of carbonyl (C=O) groups excluding carboxylic acids is 2. The molecule has 9 nitrogen and oxygen atoms in total. The number of fused-ring (bicyclic) bond motifs is 4. The predicted molar refractivity (Wildman–Crippen MR) is 179 cm³/mol. The maximum absolute atomic E-state index is 13.8. The maximum atomic E-state index is 13.8. The molecule has 4 heterocycles. The van der Waals surface area contributed by atoms with Crippen LogP contribution in [0, 0.1) is 29.1 Å². The highest BCUT2D eigenvalue weighted by Gasteiger charge is 2.47. The van der Waals surface area contributed by atoms with Gasteiger partial charge in [-0.1, -0.05) is 18.2 Å². The number of likely N-dealkylation sites (tertiary alicyclic amines) is 2. The zero-order valence-corrected chi connectivity index (χ0v) is 26.3. The Morgan fingerprint density at radius 3 is 2.30 bits per heavy atom. The summed E-state index contributed by atoms with van der Waals surface area (Å²) in [6, 6.07) is 25.9. The summed E-state index contributed by atoms with van der Waals surface area (Å²) in [5.74, 6) is 2.28. The first-order valence-electron chi connectivity index (χ1n) is 16.9. The van der Waals surface area contributed by atoms with Crippen LogP contribution in [0.2, 0.25) is 0 Å². The molecule has 2 aliphatic heterocycles. The fraction of sp³-hybridized carbons (Fsp3) is 0.368. The lowest BCUT2D eigenvalue weighted by molar-refractivity contribution is 0.0471. The van der Waals surface area contributed by atoms with E-state index in [1.165, 1.54) is 23.7 Å². The number of amides is 2. The van der Waals surface area contributed by atoms with Gasteiger partial charge in [-0.15, -0.1) is 0 Å². The molecule has 0 spiro atoms. The Morgan fingerprint density at radius 1 is 0.809 bits per heavy atom. The molecule has 3 atom stereocenters. The van der Waals surface area contributed by atoms with Gasteiger partial charge in [0.05, 0.1) is 28.4 Å². The average Bonchev–Trinajstić information content (AvgIpc) is 3.44. The molecule has 9 rings (SSSR count). The number of para-hydroxylation sites is 1. The molecule has 0 radical (unpaired) electrons. The van der Waals surface area contributed by atoms with Crippen molar-refractivity contribution in [3.05, 3.63) is 89.5 Å². The van der Waals surface area contributed by atoms with Crippen LogP contribution in [0.1, 0.15) is 52.0 Å². The van der Waals surface area contributed by atoms with Crippen LogP contribution in [-0.2, 0) is 13.1 Å². The molecule has 2 amide bonds. The summed E-state index contributed by atoms with van der Waals surface area (Å²) in [5, 5.41) is 10.3. The Balaban J connectivity index is 1.06. The van der Waals surface area contributed by atoms with Crippen molar-refractivity contribution < 1.29 is 9.59 Å². The molecule has 5 aromatic rings. The molecule has 2 bridgehead atoms. The number of piperidine rings is 1. The van der Waals surface area contributed by atoms with E-state index in [9.17, 15) is 9.59 Å². The Hall–Kier alpha value is -4.94. The first kappa shape index (κ1) is 28.3. The van der Waals surface area contributed by atoms with Gasteiger partial charge < -0.3 is 24.7 Å². The molecule has 9 heteroatoms. The number of aromatic nitrogens is 3. The minimum Gasteiger partial charge on any atom is -0.338 e. The smallest absolute Gasteiger partial charge is 0.254 e. The fourth-order valence-corrected chi connectivity index (χ4v) is 8.22. The normalized spacial score (nSPS) is 22.3. The molecule has 3 aromatic carbocycles. The zero-order valence-electron chi connectivity index (χ0n) is 26.3. The second kappa shape index (κ2) is 10.8. The number of nitriles is 1. The largest absolute Gasteiger partial charge is 0.338 e. The van der Waals surface area contributed by atoms with E-state index < -0.39 is 0 Å². The minimum absolute atomic E-state index is 0.00972. The summed E-state index contributed by atoms with van der Waals surface area (Å²) in [6.07, 6.45) is 4.59. The van der Waals surface area contributed by atoms with Gasteiger partial charge >= 0.3 is 0 Å². The van der Waals surface area contributed by atoms with Crippen LogP contribution in [0.3, 0.4) is 0 Å². The third-order valence-electron chi connectivity index (χ3n) is 11.0. The van der Waals surface area contributed by atoms with Gasteiger partial charge in [-0.2, -0.15) is 5.26 Å². The van der Waals surface area contributed by atoms with Crippen LogP contribution in [0.25, 0.3) is 33.5 Å². The van der Waals surface area contributed by atoms with E-state index in [1.54, 1.807) is 24.3 Å². The Bertz CT molecular complexity index is 2090. The van der Waals surface area contributed by atoms with Gasteiger partial charge in [0.1, 0.15) is 0 Å². The number of benzene rings is 3. The zero-order chi connectivity index (χ0) is 31.8. The summed E-state index contributed by atoms with van der Waals surface area (Å²) in [5.41, 5.74) is 12.4. The van der Waals surface area contributed by atoms with Crippen molar-refractivity contribution in [2.24, 2.45) is 23.5 Å². The highest BCUT2D eigenvalue weighted by atomic mass is 16.2. The number of nitrogens with two attached hydrogens (primary N) is 1. The second-order valence-electron chi connectivity index (χ2n) is 14.1. The lowest BCUT2D eigenvalue weighted by Crippen LogP contribution is -2.51. The van der Waals surface area contributed by atoms with Crippen molar-refractivity contribution in [1.29, 1.82) is 5.26 Å². The summed E-state index contributed by atoms with van der Waals surface area (Å²) in [4.78, 5) is 36.1. The quantitative estimate of drug-likeness (QED) is 0.265. The van der Waals surface area contributed by atoms with Gasteiger partial charge in [0, 0.05) is 72.8 Å². The number of imidazole rings is 1. The number of hydrogen-bond donors (Lipinski definition) is 1. The van der Waals surface area contributed by atoms with Crippen LogP contribution in [-0.4, -0.2) is 67.5 Å². The second-order valence-corrected chi connectivity index (χ2v) is 14.1. The van der Waals surface area contributed by atoms with Crippen molar-refractivity contribution in [2.45, 2.75) is 50.9 Å². The molecule has 236 valence electrons. The van der Waals surface area contributed by atoms with Crippen LogP contribution in [0.5, 0.6) is 0 Å². The van der Waals surface area contributed by atoms with Crippen molar-refractivity contribution in [1.82, 2.24) is 23.9 Å². The van der Waals surface area contributed by atoms with Crippen LogP contribution in [0.15, 0.2) is 72.8 Å². The number of hydrogen-bond acceptors (Lipinski definition) is 5. The SMILES string of the molecule is N#Cc1ccc(C(=O)N2CC(Cn3c(-c4cc5ccccc5n4CC4CC4)nc4cc(C(=O)N5CC6CCC5[C@@H]6N)ccc43)C2)cc1. The number of carbonyl (C=O) groups is 2. The molecule has 2 N–H and O–H groups in total. The highest BCUT2D eigenvalue weighted by Crippen LogP contribution is 2.39. The van der Waals surface area contributed by atoms with E-state index in [4.69, 9.17) is 16.0 Å². The van der Waals surface area contributed by atoms with E-state index in [0.29, 0.717) is 48.2 Å². The maximum Gasteiger partial charge on any atom is 0.254 e. The van der Waals surface area contributed by atoms with Crippen molar-refractivity contribution in [3.8, 4) is 17.6 Å². The summed E-state index contributed by atoms with van der Waals surface area (Å²) >= 11 is 0. The molecule has 4 fully saturated rings. The van der Waals surface area contributed by atoms with Crippen molar-refractivity contribution in [2.75, 3.05) is 19.6 Å². The predicted octanol–water partition coefficient (Wildman–Crippen LogP) is 5.27.